The predicted octanol–water partition coefficient (Wildman–Crippen LogP) is 3.74. The van der Waals surface area contributed by atoms with Crippen LogP contribution in [0.4, 0.5) is 4.39 Å². The molecule has 1 aliphatic rings. The third-order valence-electron chi connectivity index (χ3n) is 4.31. The zero-order valence-corrected chi connectivity index (χ0v) is 17.4. The summed E-state index contributed by atoms with van der Waals surface area (Å²) in [5, 5.41) is 0. The minimum absolute atomic E-state index is 0. The Morgan fingerprint density at radius 3 is 2.81 bits per heavy atom. The number of aryl methyl sites for hydroxylation is 1. The van der Waals surface area contributed by atoms with E-state index in [0.29, 0.717) is 22.7 Å². The maximum absolute atomic E-state index is 14.4. The van der Waals surface area contributed by atoms with Crippen molar-refractivity contribution in [2.75, 3.05) is 13.2 Å². The number of carbonyl (C=O) groups excluding carboxylic acids is 1. The third kappa shape index (κ3) is 4.72. The zero-order valence-electron chi connectivity index (χ0n) is 15.0. The molecule has 1 aromatic heterocycles. The monoisotopic (exact) mass is 455 g/mol. The molecule has 0 aliphatic carbocycles. The number of aromatic nitrogens is 1. The minimum atomic E-state index is -0.906. The predicted molar refractivity (Wildman–Crippen MR) is 108 cm³/mol. The van der Waals surface area contributed by atoms with E-state index in [4.69, 9.17) is 10.5 Å². The van der Waals surface area contributed by atoms with Gasteiger partial charge < -0.3 is 10.5 Å². The third-order valence-corrected chi connectivity index (χ3v) is 4.74. The van der Waals surface area contributed by atoms with Gasteiger partial charge in [0.15, 0.2) is 5.78 Å². The van der Waals surface area contributed by atoms with Gasteiger partial charge in [-0.05, 0) is 59.1 Å². The number of rotatable bonds is 4. The largest absolute Gasteiger partial charge is 0.386 e. The summed E-state index contributed by atoms with van der Waals surface area (Å²) in [6.07, 6.45) is 1.72. The molecule has 0 fully saturated rings. The molecule has 2 heterocycles. The van der Waals surface area contributed by atoms with E-state index < -0.39 is 11.4 Å². The van der Waals surface area contributed by atoms with Crippen LogP contribution in [0, 0.1) is 12.7 Å². The lowest BCUT2D eigenvalue weighted by Gasteiger charge is -2.30. The van der Waals surface area contributed by atoms with E-state index in [9.17, 15) is 9.18 Å². The molecule has 1 aliphatic heterocycles. The zero-order chi connectivity index (χ0) is 18.9. The van der Waals surface area contributed by atoms with Gasteiger partial charge in [0, 0.05) is 22.7 Å². The van der Waals surface area contributed by atoms with Crippen LogP contribution in [0.15, 0.2) is 39.9 Å². The highest BCUT2D eigenvalue weighted by Crippen LogP contribution is 2.31. The molecule has 3 rings (SSSR count). The molecular weight excluding hydrogens is 437 g/mol. The summed E-state index contributed by atoms with van der Waals surface area (Å²) >= 11 is 3.33. The number of hydrogen-bond donors (Lipinski definition) is 1. The van der Waals surface area contributed by atoms with E-state index in [1.807, 2.05) is 13.0 Å². The molecule has 1 aromatic carbocycles. The minimum Gasteiger partial charge on any atom is -0.386 e. The highest BCUT2D eigenvalue weighted by atomic mass is 79.9. The van der Waals surface area contributed by atoms with Crippen molar-refractivity contribution in [2.45, 2.75) is 25.8 Å². The molecule has 1 unspecified atom stereocenters. The van der Waals surface area contributed by atoms with Gasteiger partial charge >= 0.3 is 0 Å². The van der Waals surface area contributed by atoms with E-state index in [1.165, 1.54) is 6.07 Å². The van der Waals surface area contributed by atoms with Crippen molar-refractivity contribution in [1.82, 2.24) is 4.98 Å². The lowest BCUT2D eigenvalue weighted by Crippen LogP contribution is -2.38. The van der Waals surface area contributed by atoms with Gasteiger partial charge in [-0.1, -0.05) is 6.07 Å². The lowest BCUT2D eigenvalue weighted by atomic mass is 9.89. The average Bonchev–Trinajstić information content (AvgIpc) is 2.56. The van der Waals surface area contributed by atoms with Crippen molar-refractivity contribution >= 4 is 40.0 Å². The molecule has 0 bridgehead atoms. The number of Topliss-reactive ketones (excluding diaryl/α,β-unsaturated/α-hetero) is 1. The number of ether oxygens (including phenoxy) is 1. The highest BCUT2D eigenvalue weighted by Gasteiger charge is 2.33. The topological polar surface area (TPSA) is 77.6 Å². The molecule has 0 saturated heterocycles. The van der Waals surface area contributed by atoms with Crippen LogP contribution in [0.3, 0.4) is 0 Å². The van der Waals surface area contributed by atoms with Crippen LogP contribution in [-0.4, -0.2) is 29.8 Å². The smallest absolute Gasteiger partial charge is 0.185 e. The summed E-state index contributed by atoms with van der Waals surface area (Å²) in [5.41, 5.74) is 7.11. The summed E-state index contributed by atoms with van der Waals surface area (Å²) < 4.78 is 20.7. The van der Waals surface area contributed by atoms with E-state index in [2.05, 4.69) is 25.9 Å². The van der Waals surface area contributed by atoms with Gasteiger partial charge in [0.25, 0.3) is 0 Å². The Hall–Kier alpha value is -1.83. The summed E-state index contributed by atoms with van der Waals surface area (Å²) in [5.74, 6) is -0.196. The summed E-state index contributed by atoms with van der Waals surface area (Å²) in [6, 6.07) is 6.46. The molecule has 1 atom stereocenters. The van der Waals surface area contributed by atoms with Gasteiger partial charge in [0.2, 0.25) is 0 Å². The molecule has 8 heteroatoms. The van der Waals surface area contributed by atoms with E-state index >= 15 is 0 Å². The van der Waals surface area contributed by atoms with Crippen LogP contribution < -0.4 is 5.73 Å². The number of amidine groups is 1. The second-order valence-electron chi connectivity index (χ2n) is 6.60. The maximum atomic E-state index is 14.4. The number of hydrogen-bond acceptors (Lipinski definition) is 5. The Morgan fingerprint density at radius 2 is 2.15 bits per heavy atom. The summed E-state index contributed by atoms with van der Waals surface area (Å²) in [7, 11) is 0. The fourth-order valence-corrected chi connectivity index (χ4v) is 3.52. The molecule has 27 heavy (non-hydrogen) atoms. The standard InChI is InChI=1S/C19H19BrFN3O2.ClH/c1-11-5-13(20)8-23-18(11)16(25)7-12-3-4-15(21)14(6-12)19(2)10-26-9-17(22)24-19;/h3-6,8H,7,9-10H2,1-2H3,(H2,22,24);1H. The number of halogens is 3. The first-order valence-corrected chi connectivity index (χ1v) is 8.94. The quantitative estimate of drug-likeness (QED) is 0.711. The van der Waals surface area contributed by atoms with Gasteiger partial charge in [0.1, 0.15) is 29.5 Å². The number of nitrogens with two attached hydrogens (primary N) is 1. The van der Waals surface area contributed by atoms with Crippen LogP contribution in [-0.2, 0) is 16.7 Å². The molecule has 0 amide bonds. The highest BCUT2D eigenvalue weighted by molar-refractivity contribution is 9.10. The number of ketones is 1. The molecular formula is C19H20BrClFN3O2. The van der Waals surface area contributed by atoms with Crippen LogP contribution in [0.5, 0.6) is 0 Å². The molecule has 0 saturated carbocycles. The van der Waals surface area contributed by atoms with Crippen LogP contribution in [0.1, 0.15) is 34.1 Å². The van der Waals surface area contributed by atoms with Crippen molar-refractivity contribution in [3.8, 4) is 0 Å². The molecule has 5 nitrogen and oxygen atoms in total. The van der Waals surface area contributed by atoms with Gasteiger partial charge in [-0.3, -0.25) is 14.8 Å². The summed E-state index contributed by atoms with van der Waals surface area (Å²) in [6.45, 7) is 4.07. The first kappa shape index (κ1) is 21.5. The van der Waals surface area contributed by atoms with Gasteiger partial charge in [0.05, 0.1) is 6.61 Å². The van der Waals surface area contributed by atoms with E-state index in [-0.39, 0.29) is 37.8 Å². The molecule has 0 radical (unpaired) electrons. The number of aliphatic imine (C=N–C) groups is 1. The van der Waals surface area contributed by atoms with E-state index in [1.54, 1.807) is 25.3 Å². The maximum Gasteiger partial charge on any atom is 0.185 e. The Bertz CT molecular complexity index is 907. The van der Waals surface area contributed by atoms with Crippen molar-refractivity contribution in [1.29, 1.82) is 0 Å². The van der Waals surface area contributed by atoms with Gasteiger partial charge in [-0.25, -0.2) is 4.39 Å². The molecule has 2 N–H and O–H groups in total. The number of pyridine rings is 1. The second kappa shape index (κ2) is 8.46. The van der Waals surface area contributed by atoms with Gasteiger partial charge in [-0.15, -0.1) is 12.4 Å². The Kier molecular flexibility index (Phi) is 6.72. The van der Waals surface area contributed by atoms with E-state index in [0.717, 1.165) is 10.0 Å². The molecule has 0 spiro atoms. The first-order chi connectivity index (χ1) is 12.3. The Labute approximate surface area is 171 Å². The van der Waals surface area contributed by atoms with Crippen molar-refractivity contribution in [2.24, 2.45) is 10.7 Å². The Balaban J connectivity index is 0.00000261. The van der Waals surface area contributed by atoms with Crippen LogP contribution in [0.2, 0.25) is 0 Å². The fourth-order valence-electron chi connectivity index (χ4n) is 3.07. The number of nitrogens with zero attached hydrogens (tertiary/aromatic N) is 2. The van der Waals surface area contributed by atoms with Gasteiger partial charge in [-0.2, -0.15) is 0 Å². The van der Waals surface area contributed by atoms with Crippen LogP contribution in [0.25, 0.3) is 0 Å². The van der Waals surface area contributed by atoms with Crippen molar-refractivity contribution in [3.63, 3.8) is 0 Å². The number of benzene rings is 1. The van der Waals surface area contributed by atoms with Crippen LogP contribution >= 0.6 is 28.3 Å². The average molecular weight is 457 g/mol. The molecule has 144 valence electrons. The SMILES string of the molecule is Cc1cc(Br)cnc1C(=O)Cc1ccc(F)c(C2(C)COCC(N)=N2)c1.Cl. The second-order valence-corrected chi connectivity index (χ2v) is 7.52. The first-order valence-electron chi connectivity index (χ1n) is 8.15. The number of carbonyl (C=O) groups is 1. The normalized spacial score (nSPS) is 19.2. The molecule has 2 aromatic rings. The fraction of sp³-hybridized carbons (Fsp3) is 0.316. The Morgan fingerprint density at radius 1 is 1.41 bits per heavy atom. The lowest BCUT2D eigenvalue weighted by molar-refractivity contribution is 0.0986. The summed E-state index contributed by atoms with van der Waals surface area (Å²) in [4.78, 5) is 21.2. The van der Waals surface area contributed by atoms with Crippen molar-refractivity contribution < 1.29 is 13.9 Å². The van der Waals surface area contributed by atoms with Crippen molar-refractivity contribution in [3.05, 3.63) is 63.1 Å².